The van der Waals surface area contributed by atoms with Crippen molar-refractivity contribution >= 4 is 0 Å². The van der Waals surface area contributed by atoms with Gasteiger partial charge in [0, 0.05) is 13.2 Å². The smallest absolute Gasteiger partial charge is 0.0895 e. The minimum Gasteiger partial charge on any atom is -0.389 e. The highest BCUT2D eigenvalue weighted by molar-refractivity contribution is 4.52. The van der Waals surface area contributed by atoms with E-state index in [-0.39, 0.29) is 6.54 Å². The van der Waals surface area contributed by atoms with Crippen molar-refractivity contribution in [3.63, 3.8) is 0 Å². The molecule has 0 unspecified atom stereocenters. The number of hydrogen-bond acceptors (Lipinski definition) is 3. The van der Waals surface area contributed by atoms with Gasteiger partial charge in [-0.05, 0) is 5.92 Å². The predicted molar refractivity (Wildman–Crippen MR) is 40.7 cm³/mol. The van der Waals surface area contributed by atoms with E-state index in [4.69, 9.17) is 15.6 Å². The number of rotatable bonds is 5. The molecule has 0 aliphatic heterocycles. The minimum absolute atomic E-state index is 0.276. The Labute approximate surface area is 62.2 Å². The SMILES string of the molecule is CC(C)COC[C@@H](O)CN. The molecule has 0 aromatic carbocycles. The van der Waals surface area contributed by atoms with Crippen LogP contribution in [-0.2, 0) is 4.74 Å². The second-order valence-corrected chi connectivity index (χ2v) is 2.82. The van der Waals surface area contributed by atoms with E-state index >= 15 is 0 Å². The van der Waals surface area contributed by atoms with Crippen molar-refractivity contribution in [2.45, 2.75) is 20.0 Å². The van der Waals surface area contributed by atoms with Crippen LogP contribution >= 0.6 is 0 Å². The molecule has 1 atom stereocenters. The van der Waals surface area contributed by atoms with Crippen molar-refractivity contribution in [2.24, 2.45) is 11.7 Å². The van der Waals surface area contributed by atoms with E-state index in [9.17, 15) is 0 Å². The summed E-state index contributed by atoms with van der Waals surface area (Å²) in [5.74, 6) is 0.518. The lowest BCUT2D eigenvalue weighted by Gasteiger charge is -2.09. The topological polar surface area (TPSA) is 55.5 Å². The van der Waals surface area contributed by atoms with Crippen molar-refractivity contribution in [1.82, 2.24) is 0 Å². The molecule has 3 heteroatoms. The van der Waals surface area contributed by atoms with E-state index in [2.05, 4.69) is 13.8 Å². The standard InChI is InChI=1S/C7H17NO2/c1-6(2)4-10-5-7(9)3-8/h6-7,9H,3-5,8H2,1-2H3/t7-/m0/s1. The van der Waals surface area contributed by atoms with Gasteiger partial charge in [-0.15, -0.1) is 0 Å². The molecular weight excluding hydrogens is 130 g/mol. The maximum Gasteiger partial charge on any atom is 0.0895 e. The molecule has 10 heavy (non-hydrogen) atoms. The third-order valence-corrected chi connectivity index (χ3v) is 1.03. The van der Waals surface area contributed by atoms with Crippen molar-refractivity contribution in [3.8, 4) is 0 Å². The van der Waals surface area contributed by atoms with Gasteiger partial charge in [0.25, 0.3) is 0 Å². The van der Waals surface area contributed by atoms with Gasteiger partial charge < -0.3 is 15.6 Å². The molecule has 0 rings (SSSR count). The molecular formula is C7H17NO2. The van der Waals surface area contributed by atoms with Crippen LogP contribution in [0.5, 0.6) is 0 Å². The van der Waals surface area contributed by atoms with Crippen LogP contribution in [0.15, 0.2) is 0 Å². The maximum absolute atomic E-state index is 8.92. The van der Waals surface area contributed by atoms with Gasteiger partial charge >= 0.3 is 0 Å². The first-order valence-corrected chi connectivity index (χ1v) is 3.62. The normalized spacial score (nSPS) is 14.1. The van der Waals surface area contributed by atoms with Crippen molar-refractivity contribution in [1.29, 1.82) is 0 Å². The lowest BCUT2D eigenvalue weighted by Crippen LogP contribution is -2.25. The fourth-order valence-electron chi connectivity index (χ4n) is 0.508. The summed E-state index contributed by atoms with van der Waals surface area (Å²) in [6, 6.07) is 0. The van der Waals surface area contributed by atoms with Gasteiger partial charge in [0.05, 0.1) is 12.7 Å². The third kappa shape index (κ3) is 6.01. The number of aliphatic hydroxyl groups excluding tert-OH is 1. The highest BCUT2D eigenvalue weighted by Gasteiger charge is 2.00. The first-order valence-electron chi connectivity index (χ1n) is 3.62. The zero-order valence-electron chi connectivity index (χ0n) is 6.71. The van der Waals surface area contributed by atoms with Crippen molar-refractivity contribution in [2.75, 3.05) is 19.8 Å². The molecule has 0 bridgehead atoms. The summed E-state index contributed by atoms with van der Waals surface area (Å²) in [6.45, 7) is 5.45. The molecule has 0 aliphatic carbocycles. The minimum atomic E-state index is -0.501. The molecule has 3 nitrogen and oxygen atoms in total. The van der Waals surface area contributed by atoms with Crippen LogP contribution in [0.3, 0.4) is 0 Å². The first kappa shape index (κ1) is 9.88. The van der Waals surface area contributed by atoms with Crippen LogP contribution in [0, 0.1) is 5.92 Å². The molecule has 0 fully saturated rings. The molecule has 0 heterocycles. The second kappa shape index (κ2) is 5.65. The van der Waals surface area contributed by atoms with Crippen molar-refractivity contribution < 1.29 is 9.84 Å². The average molecular weight is 147 g/mol. The molecule has 3 N–H and O–H groups in total. The van der Waals surface area contributed by atoms with E-state index in [0.29, 0.717) is 19.1 Å². The van der Waals surface area contributed by atoms with E-state index in [1.54, 1.807) is 0 Å². The van der Waals surface area contributed by atoms with Crippen LogP contribution in [0.25, 0.3) is 0 Å². The summed E-state index contributed by atoms with van der Waals surface area (Å²) in [6.07, 6.45) is -0.501. The monoisotopic (exact) mass is 147 g/mol. The Morgan fingerprint density at radius 3 is 2.40 bits per heavy atom. The molecule has 62 valence electrons. The van der Waals surface area contributed by atoms with Crippen LogP contribution in [0.4, 0.5) is 0 Å². The first-order chi connectivity index (χ1) is 4.66. The molecule has 0 saturated heterocycles. The molecule has 0 radical (unpaired) electrons. The highest BCUT2D eigenvalue weighted by Crippen LogP contribution is 1.92. The van der Waals surface area contributed by atoms with Crippen LogP contribution in [-0.4, -0.2) is 31.0 Å². The van der Waals surface area contributed by atoms with E-state index < -0.39 is 6.10 Å². The lowest BCUT2D eigenvalue weighted by atomic mass is 10.2. The van der Waals surface area contributed by atoms with Gasteiger partial charge in [-0.2, -0.15) is 0 Å². The number of nitrogens with two attached hydrogens (primary N) is 1. The Morgan fingerprint density at radius 1 is 1.40 bits per heavy atom. The molecule has 0 aromatic rings. The Bertz CT molecular complexity index is 76.0. The Hall–Kier alpha value is -0.120. The number of hydrogen-bond donors (Lipinski definition) is 2. The summed E-state index contributed by atoms with van der Waals surface area (Å²) in [5.41, 5.74) is 5.16. The highest BCUT2D eigenvalue weighted by atomic mass is 16.5. The zero-order valence-corrected chi connectivity index (χ0v) is 6.71. The Morgan fingerprint density at radius 2 is 2.00 bits per heavy atom. The van der Waals surface area contributed by atoms with Crippen LogP contribution < -0.4 is 5.73 Å². The Kier molecular flexibility index (Phi) is 5.58. The van der Waals surface area contributed by atoms with Crippen molar-refractivity contribution in [3.05, 3.63) is 0 Å². The summed E-state index contributed by atoms with van der Waals surface area (Å²) < 4.78 is 5.12. The molecule has 0 spiro atoms. The fourth-order valence-corrected chi connectivity index (χ4v) is 0.508. The van der Waals surface area contributed by atoms with E-state index in [1.807, 2.05) is 0 Å². The molecule has 0 saturated carbocycles. The van der Waals surface area contributed by atoms with Gasteiger partial charge in [0.2, 0.25) is 0 Å². The number of aliphatic hydroxyl groups is 1. The van der Waals surface area contributed by atoms with Gasteiger partial charge in [-0.25, -0.2) is 0 Å². The predicted octanol–water partition coefficient (Wildman–Crippen LogP) is -0.0214. The maximum atomic E-state index is 8.92. The summed E-state index contributed by atoms with van der Waals surface area (Å²) in [5, 5.41) is 8.92. The van der Waals surface area contributed by atoms with Gasteiger partial charge in [0.1, 0.15) is 0 Å². The quantitative estimate of drug-likeness (QED) is 0.574. The molecule has 0 aliphatic rings. The fraction of sp³-hybridized carbons (Fsp3) is 1.00. The van der Waals surface area contributed by atoms with E-state index in [1.165, 1.54) is 0 Å². The zero-order chi connectivity index (χ0) is 7.98. The third-order valence-electron chi connectivity index (χ3n) is 1.03. The lowest BCUT2D eigenvalue weighted by molar-refractivity contribution is 0.0300. The molecule has 0 amide bonds. The van der Waals surface area contributed by atoms with Gasteiger partial charge in [0.15, 0.2) is 0 Å². The summed E-state index contributed by atoms with van der Waals surface area (Å²) >= 11 is 0. The van der Waals surface area contributed by atoms with Gasteiger partial charge in [-0.1, -0.05) is 13.8 Å². The van der Waals surface area contributed by atoms with Crippen LogP contribution in [0.2, 0.25) is 0 Å². The largest absolute Gasteiger partial charge is 0.389 e. The van der Waals surface area contributed by atoms with E-state index in [0.717, 1.165) is 0 Å². The van der Waals surface area contributed by atoms with Gasteiger partial charge in [-0.3, -0.25) is 0 Å². The summed E-state index contributed by atoms with van der Waals surface area (Å²) in [4.78, 5) is 0. The Balaban J connectivity index is 3.03. The molecule has 0 aromatic heterocycles. The van der Waals surface area contributed by atoms with Crippen LogP contribution in [0.1, 0.15) is 13.8 Å². The summed E-state index contributed by atoms with van der Waals surface area (Å²) in [7, 11) is 0. The second-order valence-electron chi connectivity index (χ2n) is 2.82. The number of ether oxygens (including phenoxy) is 1. The average Bonchev–Trinajstić information content (AvgIpc) is 1.87.